The fourth-order valence-corrected chi connectivity index (χ4v) is 2.54. The van der Waals surface area contributed by atoms with Gasteiger partial charge in [-0.1, -0.05) is 64.3 Å². The minimum absolute atomic E-state index is 0.491. The molecule has 1 aromatic rings. The van der Waals surface area contributed by atoms with E-state index in [9.17, 15) is 0 Å². The second kappa shape index (κ2) is 5.92. The summed E-state index contributed by atoms with van der Waals surface area (Å²) in [5.41, 5.74) is 1.37. The Bertz CT molecular complexity index is 266. The Labute approximate surface area is 103 Å². The van der Waals surface area contributed by atoms with Gasteiger partial charge in [-0.25, -0.2) is 0 Å². The van der Waals surface area contributed by atoms with E-state index < -0.39 is 0 Å². The monoisotopic (exact) mass is 318 g/mol. The van der Waals surface area contributed by atoms with Crippen molar-refractivity contribution in [3.05, 3.63) is 34.3 Å². The van der Waals surface area contributed by atoms with E-state index in [1.165, 1.54) is 18.4 Å². The number of hydrogen-bond donors (Lipinski definition) is 0. The van der Waals surface area contributed by atoms with Crippen molar-refractivity contribution in [3.8, 4) is 0 Å². The summed E-state index contributed by atoms with van der Waals surface area (Å²) in [4.78, 5) is 0.491. The second-order valence-electron chi connectivity index (χ2n) is 3.77. The van der Waals surface area contributed by atoms with Crippen molar-refractivity contribution in [2.75, 3.05) is 0 Å². The van der Waals surface area contributed by atoms with Gasteiger partial charge in [-0.2, -0.15) is 0 Å². The molecule has 2 heteroatoms. The summed E-state index contributed by atoms with van der Waals surface area (Å²) >= 11 is 7.18. The van der Waals surface area contributed by atoms with Gasteiger partial charge in [0.25, 0.3) is 0 Å². The maximum atomic E-state index is 3.74. The molecule has 0 aromatic heterocycles. The van der Waals surface area contributed by atoms with E-state index in [1.807, 2.05) is 0 Å². The summed E-state index contributed by atoms with van der Waals surface area (Å²) in [6.45, 7) is 4.54. The van der Waals surface area contributed by atoms with Gasteiger partial charge >= 0.3 is 0 Å². The molecule has 1 aromatic carbocycles. The minimum atomic E-state index is 0.491. The largest absolute Gasteiger partial charge is 0.0839 e. The van der Waals surface area contributed by atoms with Crippen molar-refractivity contribution < 1.29 is 0 Å². The molecular weight excluding hydrogens is 304 g/mol. The number of hydrogen-bond acceptors (Lipinski definition) is 0. The van der Waals surface area contributed by atoms with Gasteiger partial charge < -0.3 is 0 Å². The fraction of sp³-hybridized carbons (Fsp3) is 0.500. The smallest absolute Gasteiger partial charge is 0.0397 e. The molecule has 2 atom stereocenters. The lowest BCUT2D eigenvalue weighted by atomic mass is 9.99. The highest BCUT2D eigenvalue weighted by molar-refractivity contribution is 9.10. The molecule has 0 saturated heterocycles. The topological polar surface area (TPSA) is 0 Å². The molecule has 0 aliphatic carbocycles. The minimum Gasteiger partial charge on any atom is -0.0839 e. The molecule has 0 spiro atoms. The van der Waals surface area contributed by atoms with E-state index in [0.717, 1.165) is 10.4 Å². The van der Waals surface area contributed by atoms with Crippen LogP contribution in [0.4, 0.5) is 0 Å². The lowest BCUT2D eigenvalue weighted by Crippen LogP contribution is -1.98. The molecule has 0 radical (unpaired) electrons. The molecule has 0 fully saturated rings. The van der Waals surface area contributed by atoms with Crippen LogP contribution in [0.15, 0.2) is 28.7 Å². The maximum Gasteiger partial charge on any atom is 0.0397 e. The van der Waals surface area contributed by atoms with Crippen molar-refractivity contribution in [3.63, 3.8) is 0 Å². The highest BCUT2D eigenvalue weighted by atomic mass is 79.9. The Balaban J connectivity index is 2.60. The summed E-state index contributed by atoms with van der Waals surface area (Å²) in [7, 11) is 0. The predicted molar refractivity (Wildman–Crippen MR) is 69.9 cm³/mol. The first-order valence-electron chi connectivity index (χ1n) is 5.03. The molecule has 0 heterocycles. The van der Waals surface area contributed by atoms with Crippen molar-refractivity contribution in [2.45, 2.75) is 31.5 Å². The van der Waals surface area contributed by atoms with Gasteiger partial charge in [0, 0.05) is 9.30 Å². The molecule has 0 bridgehead atoms. The van der Waals surface area contributed by atoms with E-state index in [4.69, 9.17) is 0 Å². The van der Waals surface area contributed by atoms with E-state index in [2.05, 4.69) is 70.0 Å². The maximum absolute atomic E-state index is 3.74. The van der Waals surface area contributed by atoms with Gasteiger partial charge in [-0.05, 0) is 30.0 Å². The first-order chi connectivity index (χ1) is 6.63. The van der Waals surface area contributed by atoms with Crippen molar-refractivity contribution in [1.29, 1.82) is 0 Å². The molecule has 0 nitrogen and oxygen atoms in total. The van der Waals surface area contributed by atoms with Gasteiger partial charge in [0.05, 0.1) is 0 Å². The highest BCUT2D eigenvalue weighted by Gasteiger charge is 2.10. The van der Waals surface area contributed by atoms with Gasteiger partial charge in [0.15, 0.2) is 0 Å². The van der Waals surface area contributed by atoms with Gasteiger partial charge in [-0.3, -0.25) is 0 Å². The number of halogens is 2. The SMILES string of the molecule is CCC(C)CC(Br)c1ccc(Br)cc1. The average Bonchev–Trinajstić information content (AvgIpc) is 2.18. The molecule has 14 heavy (non-hydrogen) atoms. The second-order valence-corrected chi connectivity index (χ2v) is 5.79. The zero-order valence-corrected chi connectivity index (χ0v) is 11.8. The van der Waals surface area contributed by atoms with Crippen LogP contribution in [-0.2, 0) is 0 Å². The molecule has 1 rings (SSSR count). The van der Waals surface area contributed by atoms with Crippen LogP contribution < -0.4 is 0 Å². The third-order valence-electron chi connectivity index (χ3n) is 2.54. The normalized spacial score (nSPS) is 15.1. The van der Waals surface area contributed by atoms with Crippen molar-refractivity contribution in [1.82, 2.24) is 0 Å². The van der Waals surface area contributed by atoms with Gasteiger partial charge in [-0.15, -0.1) is 0 Å². The Kier molecular flexibility index (Phi) is 5.18. The van der Waals surface area contributed by atoms with Crippen LogP contribution in [0, 0.1) is 5.92 Å². The van der Waals surface area contributed by atoms with Gasteiger partial charge in [0.1, 0.15) is 0 Å². The van der Waals surface area contributed by atoms with Gasteiger partial charge in [0.2, 0.25) is 0 Å². The zero-order valence-electron chi connectivity index (χ0n) is 8.63. The van der Waals surface area contributed by atoms with Crippen LogP contribution in [-0.4, -0.2) is 0 Å². The Morgan fingerprint density at radius 1 is 1.21 bits per heavy atom. The molecule has 0 aliphatic rings. The van der Waals surface area contributed by atoms with Crippen LogP contribution in [0.3, 0.4) is 0 Å². The summed E-state index contributed by atoms with van der Waals surface area (Å²) in [6.07, 6.45) is 2.46. The third-order valence-corrected chi connectivity index (χ3v) is 3.97. The van der Waals surface area contributed by atoms with Crippen LogP contribution in [0.2, 0.25) is 0 Å². The zero-order chi connectivity index (χ0) is 10.6. The van der Waals surface area contributed by atoms with Crippen LogP contribution in [0.5, 0.6) is 0 Å². The molecular formula is C12H16Br2. The number of benzene rings is 1. The van der Waals surface area contributed by atoms with Crippen molar-refractivity contribution >= 4 is 31.9 Å². The van der Waals surface area contributed by atoms with E-state index in [1.54, 1.807) is 0 Å². The van der Waals surface area contributed by atoms with Crippen LogP contribution in [0.1, 0.15) is 37.1 Å². The lowest BCUT2D eigenvalue weighted by Gasteiger charge is -2.14. The fourth-order valence-electron chi connectivity index (χ4n) is 1.33. The van der Waals surface area contributed by atoms with E-state index in [0.29, 0.717) is 4.83 Å². The third kappa shape index (κ3) is 3.74. The standard InChI is InChI=1S/C12H16Br2/c1-3-9(2)8-12(14)10-4-6-11(13)7-5-10/h4-7,9,12H,3,8H2,1-2H3. The molecule has 2 unspecified atom stereocenters. The molecule has 0 saturated carbocycles. The first-order valence-corrected chi connectivity index (χ1v) is 6.74. The predicted octanol–water partition coefficient (Wildman–Crippen LogP) is 5.32. The Morgan fingerprint density at radius 2 is 1.79 bits per heavy atom. The first kappa shape index (κ1) is 12.3. The van der Waals surface area contributed by atoms with E-state index in [-0.39, 0.29) is 0 Å². The number of alkyl halides is 1. The van der Waals surface area contributed by atoms with Crippen LogP contribution >= 0.6 is 31.9 Å². The highest BCUT2D eigenvalue weighted by Crippen LogP contribution is 2.31. The number of rotatable bonds is 4. The summed E-state index contributed by atoms with van der Waals surface area (Å²) < 4.78 is 1.14. The summed E-state index contributed by atoms with van der Waals surface area (Å²) in [6, 6.07) is 8.54. The van der Waals surface area contributed by atoms with E-state index >= 15 is 0 Å². The van der Waals surface area contributed by atoms with Crippen LogP contribution in [0.25, 0.3) is 0 Å². The molecule has 0 aliphatic heterocycles. The Hall–Kier alpha value is 0.180. The Morgan fingerprint density at radius 3 is 2.29 bits per heavy atom. The lowest BCUT2D eigenvalue weighted by molar-refractivity contribution is 0.514. The molecule has 78 valence electrons. The average molecular weight is 320 g/mol. The quantitative estimate of drug-likeness (QED) is 0.659. The van der Waals surface area contributed by atoms with Crippen molar-refractivity contribution in [2.24, 2.45) is 5.92 Å². The molecule has 0 amide bonds. The summed E-state index contributed by atoms with van der Waals surface area (Å²) in [5, 5.41) is 0. The summed E-state index contributed by atoms with van der Waals surface area (Å²) in [5.74, 6) is 0.781. The molecule has 0 N–H and O–H groups in total.